The topological polar surface area (TPSA) is 107 Å². The Morgan fingerprint density at radius 1 is 0.861 bits per heavy atom. The number of carbonyl (C=O) groups excluding carboxylic acids is 2. The van der Waals surface area contributed by atoms with Crippen molar-refractivity contribution in [2.75, 3.05) is 6.61 Å². The van der Waals surface area contributed by atoms with Crippen molar-refractivity contribution in [2.45, 2.75) is 75.3 Å². The molecule has 0 aliphatic heterocycles. The molecule has 0 spiro atoms. The summed E-state index contributed by atoms with van der Waals surface area (Å²) in [5, 5.41) is -5.81. The third-order valence-electron chi connectivity index (χ3n) is 9.33. The number of alkyl halides is 5. The summed E-state index contributed by atoms with van der Waals surface area (Å²) in [6.07, 6.45) is -2.72. The highest BCUT2D eigenvalue weighted by molar-refractivity contribution is 7.86. The summed E-state index contributed by atoms with van der Waals surface area (Å²) in [5.74, 6) is -4.19. The maximum atomic E-state index is 13.9. The first-order valence-corrected chi connectivity index (χ1v) is 13.8. The molecule has 6 fully saturated rings. The smallest absolute Gasteiger partial charge is 0.432 e. The Morgan fingerprint density at radius 2 is 1.33 bits per heavy atom. The van der Waals surface area contributed by atoms with E-state index in [0.717, 1.165) is 19.3 Å². The Bertz CT molecular complexity index is 991. The van der Waals surface area contributed by atoms with E-state index >= 15 is 0 Å². The van der Waals surface area contributed by atoms with Crippen molar-refractivity contribution in [3.05, 3.63) is 0 Å². The Hall–Kier alpha value is -1.50. The Balaban J connectivity index is 1.30. The zero-order valence-corrected chi connectivity index (χ0v) is 20.2. The molecule has 0 saturated heterocycles. The van der Waals surface area contributed by atoms with E-state index in [2.05, 4.69) is 4.74 Å². The van der Waals surface area contributed by atoms with Crippen LogP contribution < -0.4 is 0 Å². The van der Waals surface area contributed by atoms with Crippen LogP contribution in [0, 0.1) is 46.8 Å². The SMILES string of the molecule is O=C(OCC12CC3CC(CC(C3)C1)C2)C1C2CCC(C2)C1C(=O)OC(C(F)(F)F)C(F)(F)S(=O)(=O)O. The molecule has 204 valence electrons. The van der Waals surface area contributed by atoms with Gasteiger partial charge in [-0.15, -0.1) is 0 Å². The number of hydrogen-bond acceptors (Lipinski definition) is 6. The highest BCUT2D eigenvalue weighted by atomic mass is 32.2. The largest absolute Gasteiger partial charge is 0.465 e. The first-order chi connectivity index (χ1) is 16.6. The summed E-state index contributed by atoms with van der Waals surface area (Å²) >= 11 is 0. The molecule has 36 heavy (non-hydrogen) atoms. The van der Waals surface area contributed by atoms with Crippen LogP contribution in [0.4, 0.5) is 22.0 Å². The molecule has 0 aromatic carbocycles. The third-order valence-corrected chi connectivity index (χ3v) is 10.2. The lowest BCUT2D eigenvalue weighted by Gasteiger charge is -2.56. The molecule has 5 atom stereocenters. The quantitative estimate of drug-likeness (QED) is 0.288. The summed E-state index contributed by atoms with van der Waals surface area (Å²) in [4.78, 5) is 25.9. The van der Waals surface area contributed by atoms with Gasteiger partial charge in [-0.2, -0.15) is 30.4 Å². The van der Waals surface area contributed by atoms with Crippen molar-refractivity contribution in [3.8, 4) is 0 Å². The molecule has 5 unspecified atom stereocenters. The van der Waals surface area contributed by atoms with Crippen molar-refractivity contribution in [2.24, 2.45) is 46.8 Å². The summed E-state index contributed by atoms with van der Waals surface area (Å²) in [7, 11) is -6.55. The summed E-state index contributed by atoms with van der Waals surface area (Å²) in [5.41, 5.74) is -0.128. The monoisotopic (exact) mass is 544 g/mol. The van der Waals surface area contributed by atoms with Gasteiger partial charge in [-0.3, -0.25) is 14.1 Å². The second-order valence-corrected chi connectivity index (χ2v) is 13.3. The van der Waals surface area contributed by atoms with Crippen LogP contribution in [0.5, 0.6) is 0 Å². The lowest BCUT2D eigenvalue weighted by Crippen LogP contribution is -2.53. The lowest BCUT2D eigenvalue weighted by molar-refractivity contribution is -0.261. The van der Waals surface area contributed by atoms with Crippen LogP contribution in [0.25, 0.3) is 0 Å². The molecule has 6 rings (SSSR count). The minimum absolute atomic E-state index is 0.128. The van der Waals surface area contributed by atoms with Gasteiger partial charge >= 0.3 is 33.5 Å². The molecule has 0 radical (unpaired) electrons. The number of fused-ring (bicyclic) bond motifs is 2. The van der Waals surface area contributed by atoms with Crippen LogP contribution in [0.2, 0.25) is 0 Å². The number of ether oxygens (including phenoxy) is 2. The highest BCUT2D eigenvalue weighted by Gasteiger charge is 2.67. The summed E-state index contributed by atoms with van der Waals surface area (Å²) in [6, 6.07) is 0. The average molecular weight is 545 g/mol. The first kappa shape index (κ1) is 26.1. The first-order valence-electron chi connectivity index (χ1n) is 12.4. The van der Waals surface area contributed by atoms with Crippen molar-refractivity contribution in [3.63, 3.8) is 0 Å². The Morgan fingerprint density at radius 3 is 1.78 bits per heavy atom. The molecule has 7 nitrogen and oxygen atoms in total. The van der Waals surface area contributed by atoms with Crippen molar-refractivity contribution >= 4 is 22.1 Å². The van der Waals surface area contributed by atoms with E-state index in [1.807, 2.05) is 0 Å². The second kappa shape index (κ2) is 8.51. The fourth-order valence-corrected chi connectivity index (χ4v) is 8.87. The van der Waals surface area contributed by atoms with Gasteiger partial charge in [0.05, 0.1) is 18.4 Å². The number of hydrogen-bond donors (Lipinski definition) is 1. The molecule has 0 aromatic rings. The molecule has 1 N–H and O–H groups in total. The van der Waals surface area contributed by atoms with Gasteiger partial charge in [-0.25, -0.2) is 0 Å². The molecular weight excluding hydrogens is 515 g/mol. The van der Waals surface area contributed by atoms with E-state index in [-0.39, 0.29) is 17.9 Å². The van der Waals surface area contributed by atoms with Gasteiger partial charge < -0.3 is 9.47 Å². The van der Waals surface area contributed by atoms with Crippen LogP contribution in [0.1, 0.15) is 57.8 Å². The van der Waals surface area contributed by atoms with Crippen molar-refractivity contribution < 1.29 is 54.0 Å². The average Bonchev–Trinajstić information content (AvgIpc) is 3.35. The van der Waals surface area contributed by atoms with E-state index in [0.29, 0.717) is 37.0 Å². The number of esters is 2. The van der Waals surface area contributed by atoms with Crippen LogP contribution in [-0.4, -0.2) is 49.1 Å². The second-order valence-electron chi connectivity index (χ2n) is 11.8. The Kier molecular flexibility index (Phi) is 6.17. The van der Waals surface area contributed by atoms with E-state index in [4.69, 9.17) is 9.29 Å². The van der Waals surface area contributed by atoms with Crippen LogP contribution in [0.3, 0.4) is 0 Å². The predicted octanol–water partition coefficient (Wildman–Crippen LogP) is 4.36. The molecule has 0 heterocycles. The van der Waals surface area contributed by atoms with Gasteiger partial charge in [0.15, 0.2) is 0 Å². The van der Waals surface area contributed by atoms with E-state index in [9.17, 15) is 40.0 Å². The van der Waals surface area contributed by atoms with E-state index in [1.54, 1.807) is 0 Å². The summed E-state index contributed by atoms with van der Waals surface area (Å²) < 4.78 is 108. The fourth-order valence-electron chi connectivity index (χ4n) is 8.41. The maximum absolute atomic E-state index is 13.9. The van der Waals surface area contributed by atoms with Gasteiger partial charge in [0.1, 0.15) is 0 Å². The zero-order chi connectivity index (χ0) is 26.3. The standard InChI is InChI=1S/C23H29F5O7S/c24-22(25,26)20(23(27,28)36(31,32)33)35-19(30)17-15-2-1-14(6-15)16(17)18(29)34-10-21-7-11-3-12(8-21)5-13(4-11)9-21/h11-17,20H,1-10H2,(H,31,32,33). The van der Waals surface area contributed by atoms with Crippen LogP contribution in [-0.2, 0) is 29.2 Å². The minimum atomic E-state index is -6.55. The normalized spacial score (nSPS) is 40.3. The zero-order valence-electron chi connectivity index (χ0n) is 19.4. The van der Waals surface area contributed by atoms with Gasteiger partial charge in [-0.05, 0) is 87.4 Å². The van der Waals surface area contributed by atoms with Gasteiger partial charge in [0, 0.05) is 5.41 Å². The van der Waals surface area contributed by atoms with E-state index < -0.39 is 57.3 Å². The highest BCUT2D eigenvalue weighted by Crippen LogP contribution is 2.60. The fraction of sp³-hybridized carbons (Fsp3) is 0.913. The molecule has 6 aliphatic carbocycles. The van der Waals surface area contributed by atoms with Crippen LogP contribution in [0.15, 0.2) is 0 Å². The van der Waals surface area contributed by atoms with Gasteiger partial charge in [0.25, 0.3) is 6.10 Å². The third kappa shape index (κ3) is 4.41. The number of halogens is 5. The predicted molar refractivity (Wildman–Crippen MR) is 112 cm³/mol. The summed E-state index contributed by atoms with van der Waals surface area (Å²) in [6.45, 7) is 0.164. The van der Waals surface area contributed by atoms with Crippen LogP contribution >= 0.6 is 0 Å². The van der Waals surface area contributed by atoms with E-state index in [1.165, 1.54) is 19.3 Å². The lowest BCUT2D eigenvalue weighted by atomic mass is 9.50. The number of rotatable bonds is 7. The minimum Gasteiger partial charge on any atom is -0.465 e. The molecular formula is C23H29F5O7S. The van der Waals surface area contributed by atoms with Gasteiger partial charge in [0.2, 0.25) is 0 Å². The van der Waals surface area contributed by atoms with Gasteiger partial charge in [-0.1, -0.05) is 0 Å². The maximum Gasteiger partial charge on any atom is 0.432 e. The Labute approximate surface area is 205 Å². The molecule has 6 bridgehead atoms. The molecule has 0 amide bonds. The molecule has 6 saturated carbocycles. The molecule has 6 aliphatic rings. The number of carbonyl (C=O) groups is 2. The molecule has 13 heteroatoms. The molecule has 0 aromatic heterocycles. The van der Waals surface area contributed by atoms with Crippen molar-refractivity contribution in [1.82, 2.24) is 0 Å². The van der Waals surface area contributed by atoms with Crippen molar-refractivity contribution in [1.29, 1.82) is 0 Å².